The van der Waals surface area contributed by atoms with Crippen LogP contribution in [0.5, 0.6) is 5.75 Å². The molecule has 0 amide bonds. The lowest BCUT2D eigenvalue weighted by molar-refractivity contribution is 0.0321. The number of hydrogen-bond donors (Lipinski definition) is 1. The number of nitrogens with zero attached hydrogens (tertiary/aromatic N) is 3. The molecule has 182 valence electrons. The molecule has 1 N–H and O–H groups in total. The van der Waals surface area contributed by atoms with Gasteiger partial charge in [0.25, 0.3) is 0 Å². The van der Waals surface area contributed by atoms with Crippen LogP contribution in [0.4, 0.5) is 8.78 Å². The van der Waals surface area contributed by atoms with Crippen LogP contribution in [-0.2, 0) is 0 Å². The molecule has 0 bridgehead atoms. The Bertz CT molecular complexity index is 1080. The molecule has 3 heterocycles. The van der Waals surface area contributed by atoms with Gasteiger partial charge in [-0.3, -0.25) is 4.98 Å². The molecular formula is C26H31F2N3O2S. The first-order chi connectivity index (χ1) is 16.5. The summed E-state index contributed by atoms with van der Waals surface area (Å²) in [7, 11) is 1.52. The van der Waals surface area contributed by atoms with Gasteiger partial charge in [0.05, 0.1) is 23.8 Å². The summed E-state index contributed by atoms with van der Waals surface area (Å²) in [4.78, 5) is 10.8. The van der Waals surface area contributed by atoms with E-state index in [9.17, 15) is 9.50 Å². The number of thioether (sulfide) groups is 1. The third-order valence-corrected chi connectivity index (χ3v) is 7.78. The molecule has 0 radical (unpaired) electrons. The molecular weight excluding hydrogens is 456 g/mol. The Labute approximate surface area is 203 Å². The van der Waals surface area contributed by atoms with Crippen molar-refractivity contribution in [3.8, 4) is 5.75 Å². The number of methoxy groups -OCH3 is 1. The van der Waals surface area contributed by atoms with Gasteiger partial charge in [-0.25, -0.2) is 13.8 Å². The van der Waals surface area contributed by atoms with E-state index in [1.54, 1.807) is 36.2 Å². The van der Waals surface area contributed by atoms with Gasteiger partial charge in [0.2, 0.25) is 0 Å². The largest absolute Gasteiger partial charge is 0.497 e. The number of rotatable bonds is 10. The third kappa shape index (κ3) is 5.85. The van der Waals surface area contributed by atoms with Crippen LogP contribution in [0.15, 0.2) is 53.8 Å². The molecule has 1 fully saturated rings. The van der Waals surface area contributed by atoms with Crippen molar-refractivity contribution in [3.05, 3.63) is 60.2 Å². The second-order valence-corrected chi connectivity index (χ2v) is 10.0. The average Bonchev–Trinajstić information content (AvgIpc) is 2.88. The summed E-state index contributed by atoms with van der Waals surface area (Å²) < 4.78 is 35.3. The van der Waals surface area contributed by atoms with E-state index in [0.29, 0.717) is 23.1 Å². The van der Waals surface area contributed by atoms with Gasteiger partial charge in [-0.2, -0.15) is 0 Å². The fraction of sp³-hybridized carbons (Fsp3) is 0.462. The highest BCUT2D eigenvalue weighted by Crippen LogP contribution is 2.40. The molecule has 0 spiro atoms. The smallest absolute Gasteiger partial charge is 0.148 e. The average molecular weight is 488 g/mol. The highest BCUT2D eigenvalue weighted by molar-refractivity contribution is 7.99. The maximum Gasteiger partial charge on any atom is 0.148 e. The molecule has 1 saturated heterocycles. The van der Waals surface area contributed by atoms with Crippen molar-refractivity contribution in [2.24, 2.45) is 5.41 Å². The molecule has 4 rings (SSSR count). The van der Waals surface area contributed by atoms with Gasteiger partial charge in [-0.15, -0.1) is 11.8 Å². The quantitative estimate of drug-likeness (QED) is 0.385. The summed E-state index contributed by atoms with van der Waals surface area (Å²) >= 11 is 1.73. The van der Waals surface area contributed by atoms with Crippen LogP contribution in [0.2, 0.25) is 0 Å². The topological polar surface area (TPSA) is 58.5 Å². The third-order valence-electron chi connectivity index (χ3n) is 6.86. The Hall–Kier alpha value is -2.29. The van der Waals surface area contributed by atoms with E-state index in [1.165, 1.54) is 7.11 Å². The minimum absolute atomic E-state index is 0.0175. The van der Waals surface area contributed by atoms with E-state index >= 15 is 4.39 Å². The molecule has 0 aliphatic carbocycles. The molecule has 1 aliphatic rings. The number of halogens is 2. The van der Waals surface area contributed by atoms with Crippen LogP contribution >= 0.6 is 11.8 Å². The van der Waals surface area contributed by atoms with Crippen molar-refractivity contribution in [3.63, 3.8) is 0 Å². The van der Waals surface area contributed by atoms with Gasteiger partial charge in [0, 0.05) is 36.1 Å². The zero-order chi connectivity index (χ0) is 24.0. The van der Waals surface area contributed by atoms with Crippen LogP contribution in [-0.4, -0.2) is 59.1 Å². The SMILES string of the molecule is COc1ccc2ncc(F)c([C@H](F)CCC3(CO)CCN(CCSc4ccccn4)CC3)c2c1. The summed E-state index contributed by atoms with van der Waals surface area (Å²) in [5.74, 6) is 0.841. The summed E-state index contributed by atoms with van der Waals surface area (Å²) in [6.45, 7) is 2.70. The summed E-state index contributed by atoms with van der Waals surface area (Å²) in [5, 5.41) is 11.6. The number of aliphatic hydroxyl groups is 1. The summed E-state index contributed by atoms with van der Waals surface area (Å²) in [5.41, 5.74) is 0.237. The zero-order valence-electron chi connectivity index (χ0n) is 19.4. The molecule has 3 aromatic rings. The van der Waals surface area contributed by atoms with Crippen LogP contribution < -0.4 is 4.74 Å². The predicted octanol–water partition coefficient (Wildman–Crippen LogP) is 5.44. The Morgan fingerprint density at radius 3 is 2.74 bits per heavy atom. The standard InChI is InChI=1S/C26H31F2N3O2S/c1-33-19-5-6-23-20(16-19)25(22(28)17-30-23)21(27)7-8-26(18-32)9-12-31(13-10-26)14-15-34-24-4-2-3-11-29-24/h2-6,11,16-17,21,32H,7-10,12-15,18H2,1H3/t21-/m1/s1. The first-order valence-electron chi connectivity index (χ1n) is 11.7. The van der Waals surface area contributed by atoms with E-state index in [-0.39, 0.29) is 24.0 Å². The lowest BCUT2D eigenvalue weighted by atomic mass is 9.74. The van der Waals surface area contributed by atoms with Gasteiger partial charge >= 0.3 is 0 Å². The Morgan fingerprint density at radius 2 is 2.03 bits per heavy atom. The fourth-order valence-electron chi connectivity index (χ4n) is 4.64. The lowest BCUT2D eigenvalue weighted by Gasteiger charge is -2.41. The number of fused-ring (bicyclic) bond motifs is 1. The molecule has 1 atom stereocenters. The monoisotopic (exact) mass is 487 g/mol. The van der Waals surface area contributed by atoms with Crippen molar-refractivity contribution < 1.29 is 18.6 Å². The minimum atomic E-state index is -1.48. The number of alkyl halides is 1. The Kier molecular flexibility index (Phi) is 8.34. The highest BCUT2D eigenvalue weighted by atomic mass is 32.2. The van der Waals surface area contributed by atoms with Crippen LogP contribution in [0.25, 0.3) is 10.9 Å². The van der Waals surface area contributed by atoms with E-state index < -0.39 is 12.0 Å². The molecule has 0 saturated carbocycles. The Balaban J connectivity index is 1.34. The number of likely N-dealkylation sites (tertiary alicyclic amines) is 1. The number of piperidine rings is 1. The Morgan fingerprint density at radius 1 is 1.21 bits per heavy atom. The molecule has 8 heteroatoms. The number of ether oxygens (including phenoxy) is 1. The van der Waals surface area contributed by atoms with Gasteiger partial charge in [0.15, 0.2) is 0 Å². The number of aliphatic hydroxyl groups excluding tert-OH is 1. The van der Waals surface area contributed by atoms with Gasteiger partial charge in [-0.05, 0) is 74.5 Å². The fourth-order valence-corrected chi connectivity index (χ4v) is 5.51. The van der Waals surface area contributed by atoms with E-state index in [0.717, 1.165) is 49.5 Å². The first kappa shape index (κ1) is 24.8. The van der Waals surface area contributed by atoms with Gasteiger partial charge in [0.1, 0.15) is 17.7 Å². The molecule has 0 unspecified atom stereocenters. The molecule has 1 aliphatic heterocycles. The molecule has 5 nitrogen and oxygen atoms in total. The number of aromatic nitrogens is 2. The van der Waals surface area contributed by atoms with Gasteiger partial charge < -0.3 is 14.7 Å². The predicted molar refractivity (Wildman–Crippen MR) is 131 cm³/mol. The first-order valence-corrected chi connectivity index (χ1v) is 12.7. The number of pyridine rings is 2. The second-order valence-electron chi connectivity index (χ2n) is 8.93. The van der Waals surface area contributed by atoms with Crippen molar-refractivity contribution >= 4 is 22.7 Å². The van der Waals surface area contributed by atoms with Gasteiger partial charge in [-0.1, -0.05) is 6.07 Å². The number of hydrogen-bond acceptors (Lipinski definition) is 6. The van der Waals surface area contributed by atoms with Crippen molar-refractivity contribution in [2.45, 2.75) is 36.9 Å². The van der Waals surface area contributed by atoms with Crippen LogP contribution in [0.3, 0.4) is 0 Å². The van der Waals surface area contributed by atoms with E-state index in [4.69, 9.17) is 4.74 Å². The van der Waals surface area contributed by atoms with Crippen molar-refractivity contribution in [1.82, 2.24) is 14.9 Å². The zero-order valence-corrected chi connectivity index (χ0v) is 20.2. The molecule has 1 aromatic carbocycles. The lowest BCUT2D eigenvalue weighted by Crippen LogP contribution is -2.42. The van der Waals surface area contributed by atoms with Crippen LogP contribution in [0.1, 0.15) is 37.4 Å². The second kappa shape index (κ2) is 11.4. The van der Waals surface area contributed by atoms with E-state index in [2.05, 4.69) is 14.9 Å². The van der Waals surface area contributed by atoms with Crippen LogP contribution in [0, 0.1) is 11.2 Å². The summed E-state index contributed by atoms with van der Waals surface area (Å²) in [6.07, 6.45) is 3.68. The van der Waals surface area contributed by atoms with Crippen molar-refractivity contribution in [1.29, 1.82) is 0 Å². The summed E-state index contributed by atoms with van der Waals surface area (Å²) in [6, 6.07) is 11.0. The molecule has 2 aromatic heterocycles. The molecule has 34 heavy (non-hydrogen) atoms. The number of benzene rings is 1. The highest BCUT2D eigenvalue weighted by Gasteiger charge is 2.35. The normalized spacial score (nSPS) is 17.1. The maximum atomic E-state index is 15.4. The van der Waals surface area contributed by atoms with Crippen molar-refractivity contribution in [2.75, 3.05) is 39.1 Å². The maximum absolute atomic E-state index is 15.4. The minimum Gasteiger partial charge on any atom is -0.497 e. The van der Waals surface area contributed by atoms with E-state index in [1.807, 2.05) is 18.2 Å².